The van der Waals surface area contributed by atoms with Gasteiger partial charge in [-0.1, -0.05) is 11.6 Å². The van der Waals surface area contributed by atoms with Gasteiger partial charge in [-0.25, -0.2) is 13.6 Å². The molecule has 4 rings (SSSR count). The van der Waals surface area contributed by atoms with Crippen molar-refractivity contribution in [3.63, 3.8) is 0 Å². The van der Waals surface area contributed by atoms with Crippen molar-refractivity contribution < 1.29 is 37.8 Å². The van der Waals surface area contributed by atoms with E-state index in [0.717, 1.165) is 22.4 Å². The van der Waals surface area contributed by atoms with E-state index in [4.69, 9.17) is 16.3 Å². The van der Waals surface area contributed by atoms with Crippen LogP contribution < -0.4 is 5.32 Å². The van der Waals surface area contributed by atoms with Gasteiger partial charge in [0.25, 0.3) is 12.3 Å². The minimum Gasteiger partial charge on any atom is -0.477 e. The number of β-lactam (4-membered cyclic amide) rings is 1. The molecule has 178 valence electrons. The highest BCUT2D eigenvalue weighted by Crippen LogP contribution is 2.45. The molecular formula is C19H19ClF2N4O6S. The molecule has 2 amide bonds. The summed E-state index contributed by atoms with van der Waals surface area (Å²) in [5, 5.41) is 15.1. The first-order valence-corrected chi connectivity index (χ1v) is 11.4. The van der Waals surface area contributed by atoms with E-state index in [-0.39, 0.29) is 34.6 Å². The zero-order valence-corrected chi connectivity index (χ0v) is 18.8. The summed E-state index contributed by atoms with van der Waals surface area (Å²) in [5.74, 6) is -3.05. The molecule has 2 N–H and O–H groups in total. The number of alkyl halides is 2. The Bertz CT molecular complexity index is 1070. The maximum Gasteiger partial charge on any atom is 0.352 e. The maximum absolute atomic E-state index is 13.2. The van der Waals surface area contributed by atoms with Crippen LogP contribution in [0.2, 0.25) is 5.02 Å². The van der Waals surface area contributed by atoms with Crippen molar-refractivity contribution in [2.75, 3.05) is 12.4 Å². The Labute approximate surface area is 195 Å². The van der Waals surface area contributed by atoms with E-state index in [1.807, 2.05) is 0 Å². The molecule has 2 fully saturated rings. The standard InChI is InChI=1S/C19H19ClF2N4O6S/c1-7(27)32-5-9-6-33-18-13(17(29)26(18)15(9)19(30)31)23-10(28)4-25-14(8-2-3-8)11(20)12(24-25)16(21)22/h8,13,16,18H,2-6H2,1H3,(H,23,28)(H,30,31). The van der Waals surface area contributed by atoms with Gasteiger partial charge in [-0.15, -0.1) is 11.8 Å². The van der Waals surface area contributed by atoms with Crippen molar-refractivity contribution in [3.05, 3.63) is 27.7 Å². The second-order valence-corrected chi connectivity index (χ2v) is 9.29. The highest BCUT2D eigenvalue weighted by Gasteiger charge is 2.54. The lowest BCUT2D eigenvalue weighted by Crippen LogP contribution is -2.70. The zero-order valence-electron chi connectivity index (χ0n) is 17.2. The predicted octanol–water partition coefficient (Wildman–Crippen LogP) is 1.65. The first-order chi connectivity index (χ1) is 15.6. The molecule has 1 aromatic rings. The first-order valence-electron chi connectivity index (χ1n) is 9.97. The van der Waals surface area contributed by atoms with Crippen molar-refractivity contribution in [1.29, 1.82) is 0 Å². The first kappa shape index (κ1) is 23.5. The van der Waals surface area contributed by atoms with Gasteiger partial charge in [0.1, 0.15) is 36.0 Å². The predicted molar refractivity (Wildman–Crippen MR) is 110 cm³/mol. The fraction of sp³-hybridized carbons (Fsp3) is 0.526. The molecule has 0 radical (unpaired) electrons. The van der Waals surface area contributed by atoms with Crippen LogP contribution in [-0.4, -0.2) is 67.3 Å². The number of carbonyl (C=O) groups is 4. The number of rotatable bonds is 8. The molecule has 0 aromatic carbocycles. The summed E-state index contributed by atoms with van der Waals surface area (Å²) in [6.45, 7) is 0.526. The average molecular weight is 505 g/mol. The monoisotopic (exact) mass is 504 g/mol. The minimum absolute atomic E-state index is 0.0427. The van der Waals surface area contributed by atoms with Gasteiger partial charge in [0.15, 0.2) is 0 Å². The molecule has 2 atom stereocenters. The van der Waals surface area contributed by atoms with Crippen LogP contribution >= 0.6 is 23.4 Å². The van der Waals surface area contributed by atoms with Gasteiger partial charge in [-0.05, 0) is 12.8 Å². The highest BCUT2D eigenvalue weighted by atomic mass is 35.5. The number of nitrogens with one attached hydrogen (secondary N) is 1. The van der Waals surface area contributed by atoms with E-state index >= 15 is 0 Å². The molecule has 33 heavy (non-hydrogen) atoms. The lowest BCUT2D eigenvalue weighted by molar-refractivity contribution is -0.151. The van der Waals surface area contributed by atoms with Crippen LogP contribution in [0.5, 0.6) is 0 Å². The molecule has 10 nitrogen and oxygen atoms in total. The van der Waals surface area contributed by atoms with Crippen LogP contribution in [0.25, 0.3) is 0 Å². The van der Waals surface area contributed by atoms with Crippen LogP contribution in [0.4, 0.5) is 8.78 Å². The van der Waals surface area contributed by atoms with Crippen LogP contribution in [0.1, 0.15) is 43.5 Å². The number of amides is 2. The third kappa shape index (κ3) is 4.43. The highest BCUT2D eigenvalue weighted by molar-refractivity contribution is 8.00. The molecule has 0 spiro atoms. The number of carboxylic acid groups (broad SMARTS) is 1. The van der Waals surface area contributed by atoms with Gasteiger partial charge in [0, 0.05) is 24.2 Å². The molecule has 1 aromatic heterocycles. The van der Waals surface area contributed by atoms with Gasteiger partial charge < -0.3 is 15.2 Å². The Morgan fingerprint density at radius 3 is 2.64 bits per heavy atom. The largest absolute Gasteiger partial charge is 0.477 e. The Hall–Kier alpha value is -2.67. The smallest absolute Gasteiger partial charge is 0.352 e. The molecule has 1 saturated carbocycles. The van der Waals surface area contributed by atoms with Crippen LogP contribution in [0.3, 0.4) is 0 Å². The van der Waals surface area contributed by atoms with E-state index in [1.54, 1.807) is 0 Å². The fourth-order valence-corrected chi connectivity index (χ4v) is 5.52. The summed E-state index contributed by atoms with van der Waals surface area (Å²) in [7, 11) is 0. The Kier molecular flexibility index (Phi) is 6.36. The lowest BCUT2D eigenvalue weighted by atomic mass is 10.0. The molecule has 14 heteroatoms. The number of carboxylic acids is 1. The number of thioether (sulfide) groups is 1. The fourth-order valence-electron chi connectivity index (χ4n) is 3.82. The molecule has 3 heterocycles. The van der Waals surface area contributed by atoms with E-state index in [9.17, 15) is 33.1 Å². The second-order valence-electron chi connectivity index (χ2n) is 7.81. The average Bonchev–Trinajstić information content (AvgIpc) is 3.52. The Morgan fingerprint density at radius 1 is 1.36 bits per heavy atom. The molecule has 3 aliphatic rings. The number of aromatic nitrogens is 2. The number of halogens is 3. The SMILES string of the molecule is CC(=O)OCC1=C(C(=O)O)N2C(=O)C(NC(=O)Cn3nc(C(F)F)c(Cl)c3C3CC3)C2SC1. The number of ether oxygens (including phenoxy) is 1. The Balaban J connectivity index is 1.46. The number of aliphatic carboxylic acids is 1. The van der Waals surface area contributed by atoms with Crippen molar-refractivity contribution in [2.45, 2.75) is 50.1 Å². The van der Waals surface area contributed by atoms with Crippen LogP contribution in [0.15, 0.2) is 11.3 Å². The number of carbonyl (C=O) groups excluding carboxylic acids is 3. The quantitative estimate of drug-likeness (QED) is 0.403. The molecule has 2 aliphatic heterocycles. The number of nitrogens with zero attached hydrogens (tertiary/aromatic N) is 3. The van der Waals surface area contributed by atoms with Gasteiger partial charge in [-0.2, -0.15) is 5.10 Å². The summed E-state index contributed by atoms with van der Waals surface area (Å²) >= 11 is 7.27. The van der Waals surface area contributed by atoms with Gasteiger partial charge >= 0.3 is 11.9 Å². The van der Waals surface area contributed by atoms with Crippen molar-refractivity contribution in [3.8, 4) is 0 Å². The lowest BCUT2D eigenvalue weighted by Gasteiger charge is -2.49. The maximum atomic E-state index is 13.2. The summed E-state index contributed by atoms with van der Waals surface area (Å²) in [4.78, 5) is 49.1. The molecule has 0 bridgehead atoms. The van der Waals surface area contributed by atoms with Gasteiger partial charge in [0.2, 0.25) is 5.91 Å². The topological polar surface area (TPSA) is 131 Å². The molecule has 2 unspecified atom stereocenters. The van der Waals surface area contributed by atoms with E-state index < -0.39 is 53.8 Å². The molecule has 1 saturated heterocycles. The van der Waals surface area contributed by atoms with Crippen molar-refractivity contribution in [1.82, 2.24) is 20.0 Å². The third-order valence-electron chi connectivity index (χ3n) is 5.44. The number of hydrogen-bond acceptors (Lipinski definition) is 7. The van der Waals surface area contributed by atoms with Crippen molar-refractivity contribution in [2.24, 2.45) is 0 Å². The zero-order chi connectivity index (χ0) is 24.0. The Morgan fingerprint density at radius 2 is 2.06 bits per heavy atom. The third-order valence-corrected chi connectivity index (χ3v) is 7.16. The number of hydrogen-bond donors (Lipinski definition) is 2. The number of fused-ring (bicyclic) bond motifs is 1. The minimum atomic E-state index is -2.89. The van der Waals surface area contributed by atoms with E-state index in [2.05, 4.69) is 10.4 Å². The van der Waals surface area contributed by atoms with Gasteiger partial charge in [-0.3, -0.25) is 24.0 Å². The van der Waals surface area contributed by atoms with Crippen molar-refractivity contribution >= 4 is 47.1 Å². The van der Waals surface area contributed by atoms with Crippen LogP contribution in [0, 0.1) is 0 Å². The summed E-state index contributed by atoms with van der Waals surface area (Å²) in [5.41, 5.74) is -0.206. The summed E-state index contributed by atoms with van der Waals surface area (Å²) < 4.78 is 32.4. The summed E-state index contributed by atoms with van der Waals surface area (Å²) in [6, 6.07) is -0.989. The van der Waals surface area contributed by atoms with Gasteiger partial charge in [0.05, 0.1) is 10.7 Å². The number of esters is 1. The summed E-state index contributed by atoms with van der Waals surface area (Å²) in [6.07, 6.45) is -1.38. The molecule has 1 aliphatic carbocycles. The van der Waals surface area contributed by atoms with E-state index in [1.165, 1.54) is 18.7 Å². The molecular weight excluding hydrogens is 486 g/mol. The van der Waals surface area contributed by atoms with E-state index in [0.29, 0.717) is 5.69 Å². The second kappa shape index (κ2) is 8.93. The van der Waals surface area contributed by atoms with Crippen LogP contribution in [-0.2, 0) is 30.5 Å². The normalized spacial score (nSPS) is 22.2.